The van der Waals surface area contributed by atoms with Crippen LogP contribution in [0, 0.1) is 5.92 Å². The maximum atomic E-state index is 11.7. The molecule has 2 amide bonds. The number of hydrogen-bond acceptors (Lipinski definition) is 4. The number of carbonyl (C=O) groups excluding carboxylic acids is 1. The van der Waals surface area contributed by atoms with Gasteiger partial charge in [0.05, 0.1) is 15.9 Å². The van der Waals surface area contributed by atoms with Gasteiger partial charge >= 0.3 is 12.0 Å². The van der Waals surface area contributed by atoms with E-state index in [0.29, 0.717) is 30.8 Å². The summed E-state index contributed by atoms with van der Waals surface area (Å²) in [5, 5.41) is 14.9. The third kappa shape index (κ3) is 4.17. The van der Waals surface area contributed by atoms with Crippen LogP contribution in [0.3, 0.4) is 0 Å². The van der Waals surface area contributed by atoms with Gasteiger partial charge in [0.1, 0.15) is 0 Å². The van der Waals surface area contributed by atoms with E-state index in [1.165, 1.54) is 11.3 Å². The Bertz CT molecular complexity index is 472. The highest BCUT2D eigenvalue weighted by Gasteiger charge is 2.26. The number of amides is 2. The Morgan fingerprint density at radius 2 is 2.05 bits per heavy atom. The number of aromatic nitrogens is 1. The van der Waals surface area contributed by atoms with Crippen molar-refractivity contribution in [3.8, 4) is 0 Å². The molecule has 0 unspecified atom stereocenters. The number of rotatable bonds is 3. The van der Waals surface area contributed by atoms with Crippen molar-refractivity contribution in [2.75, 3.05) is 5.32 Å². The second-order valence-electron chi connectivity index (χ2n) is 4.45. The van der Waals surface area contributed by atoms with Crippen LogP contribution in [-0.4, -0.2) is 28.1 Å². The summed E-state index contributed by atoms with van der Waals surface area (Å²) < 4.78 is 0.852. The number of hydrogen-bond donors (Lipinski definition) is 3. The van der Waals surface area contributed by atoms with Crippen molar-refractivity contribution in [1.82, 2.24) is 10.3 Å². The molecule has 0 saturated heterocycles. The summed E-state index contributed by atoms with van der Waals surface area (Å²) in [6, 6.07) is -0.250. The second kappa shape index (κ2) is 6.33. The zero-order chi connectivity index (χ0) is 13.8. The minimum absolute atomic E-state index is 0.0407. The second-order valence-corrected chi connectivity index (χ2v) is 6.86. The molecule has 1 aliphatic carbocycles. The molecular formula is C11H14BrN3O3S. The van der Waals surface area contributed by atoms with E-state index in [1.807, 2.05) is 0 Å². The van der Waals surface area contributed by atoms with Crippen LogP contribution >= 0.6 is 27.3 Å². The van der Waals surface area contributed by atoms with Crippen molar-refractivity contribution in [3.05, 3.63) is 9.98 Å². The van der Waals surface area contributed by atoms with Gasteiger partial charge in [-0.1, -0.05) is 11.3 Å². The molecule has 1 heterocycles. The number of carbonyl (C=O) groups is 2. The number of carboxylic acid groups (broad SMARTS) is 1. The van der Waals surface area contributed by atoms with Crippen LogP contribution in [-0.2, 0) is 4.79 Å². The fraction of sp³-hybridized carbons (Fsp3) is 0.545. The lowest BCUT2D eigenvalue weighted by Gasteiger charge is -2.26. The summed E-state index contributed by atoms with van der Waals surface area (Å²) in [6.45, 7) is 0. The third-order valence-corrected chi connectivity index (χ3v) is 4.50. The van der Waals surface area contributed by atoms with E-state index in [0.717, 1.165) is 3.79 Å². The van der Waals surface area contributed by atoms with E-state index in [-0.39, 0.29) is 18.0 Å². The van der Waals surface area contributed by atoms with Crippen LogP contribution in [0.25, 0.3) is 0 Å². The number of aliphatic carboxylic acids is 1. The first kappa shape index (κ1) is 14.3. The standard InChI is InChI=1S/C11H14BrN3O3S/c12-8-5-13-11(19-8)15-10(18)14-7-3-1-6(2-4-7)9(16)17/h5-7H,1-4H2,(H,16,17)(H2,13,14,15,18). The van der Waals surface area contributed by atoms with E-state index in [9.17, 15) is 9.59 Å². The first-order valence-corrected chi connectivity index (χ1v) is 7.57. The lowest BCUT2D eigenvalue weighted by atomic mass is 9.86. The largest absolute Gasteiger partial charge is 0.481 e. The number of carboxylic acids is 1. The quantitative estimate of drug-likeness (QED) is 0.783. The van der Waals surface area contributed by atoms with Crippen molar-refractivity contribution >= 4 is 44.4 Å². The van der Waals surface area contributed by atoms with Crippen LogP contribution in [0.2, 0.25) is 0 Å². The number of nitrogens with one attached hydrogen (secondary N) is 2. The lowest BCUT2D eigenvalue weighted by molar-refractivity contribution is -0.142. The minimum atomic E-state index is -0.740. The number of halogens is 1. The maximum absolute atomic E-state index is 11.7. The van der Waals surface area contributed by atoms with Crippen LogP contribution in [0.5, 0.6) is 0 Å². The van der Waals surface area contributed by atoms with Crippen molar-refractivity contribution < 1.29 is 14.7 Å². The third-order valence-electron chi connectivity index (χ3n) is 3.11. The topological polar surface area (TPSA) is 91.3 Å². The molecular weight excluding hydrogens is 334 g/mol. The molecule has 1 aromatic heterocycles. The summed E-state index contributed by atoms with van der Waals surface area (Å²) in [4.78, 5) is 26.5. The van der Waals surface area contributed by atoms with E-state index >= 15 is 0 Å². The molecule has 6 nitrogen and oxygen atoms in total. The molecule has 19 heavy (non-hydrogen) atoms. The van der Waals surface area contributed by atoms with Gasteiger partial charge in [-0.25, -0.2) is 9.78 Å². The predicted octanol–water partition coefficient (Wildman–Crippen LogP) is 2.67. The highest BCUT2D eigenvalue weighted by Crippen LogP contribution is 2.25. The van der Waals surface area contributed by atoms with Gasteiger partial charge in [0.2, 0.25) is 0 Å². The molecule has 1 fully saturated rings. The zero-order valence-electron chi connectivity index (χ0n) is 10.1. The van der Waals surface area contributed by atoms with Crippen molar-refractivity contribution in [1.29, 1.82) is 0 Å². The monoisotopic (exact) mass is 347 g/mol. The molecule has 0 atom stereocenters. The summed E-state index contributed by atoms with van der Waals surface area (Å²) in [5.41, 5.74) is 0. The van der Waals surface area contributed by atoms with Gasteiger partial charge in [0, 0.05) is 6.04 Å². The Morgan fingerprint density at radius 1 is 1.37 bits per heavy atom. The Kier molecular flexibility index (Phi) is 4.76. The van der Waals surface area contributed by atoms with Crippen molar-refractivity contribution in [2.24, 2.45) is 5.92 Å². The van der Waals surface area contributed by atoms with Gasteiger partial charge in [-0.3, -0.25) is 10.1 Å². The van der Waals surface area contributed by atoms with E-state index in [1.54, 1.807) is 6.20 Å². The van der Waals surface area contributed by atoms with Gasteiger partial charge in [0.25, 0.3) is 0 Å². The Balaban J connectivity index is 1.76. The molecule has 1 saturated carbocycles. The smallest absolute Gasteiger partial charge is 0.321 e. The molecule has 1 aromatic rings. The summed E-state index contributed by atoms with van der Waals surface area (Å²) in [7, 11) is 0. The van der Waals surface area contributed by atoms with Crippen LogP contribution in [0.15, 0.2) is 9.98 Å². The number of nitrogens with zero attached hydrogens (tertiary/aromatic N) is 1. The van der Waals surface area contributed by atoms with Gasteiger partial charge in [-0.05, 0) is 41.6 Å². The predicted molar refractivity (Wildman–Crippen MR) is 75.4 cm³/mol. The average molecular weight is 348 g/mol. The first-order chi connectivity index (χ1) is 9.04. The Labute approximate surface area is 122 Å². The molecule has 1 aliphatic rings. The molecule has 8 heteroatoms. The lowest BCUT2D eigenvalue weighted by Crippen LogP contribution is -2.40. The number of anilines is 1. The van der Waals surface area contributed by atoms with Crippen LogP contribution < -0.4 is 10.6 Å². The van der Waals surface area contributed by atoms with E-state index in [2.05, 4.69) is 31.5 Å². The fourth-order valence-corrected chi connectivity index (χ4v) is 3.22. The van der Waals surface area contributed by atoms with Gasteiger partial charge < -0.3 is 10.4 Å². The van der Waals surface area contributed by atoms with Crippen molar-refractivity contribution in [3.63, 3.8) is 0 Å². The average Bonchev–Trinajstić information content (AvgIpc) is 2.75. The van der Waals surface area contributed by atoms with Crippen LogP contribution in [0.1, 0.15) is 25.7 Å². The SMILES string of the molecule is O=C(Nc1ncc(Br)s1)NC1CCC(C(=O)O)CC1. The molecule has 0 aliphatic heterocycles. The summed E-state index contributed by atoms with van der Waals surface area (Å²) in [5.74, 6) is -1.01. The molecule has 2 rings (SSSR count). The van der Waals surface area contributed by atoms with Gasteiger partial charge in [0.15, 0.2) is 5.13 Å². The molecule has 0 spiro atoms. The maximum Gasteiger partial charge on any atom is 0.321 e. The molecule has 3 N–H and O–H groups in total. The van der Waals surface area contributed by atoms with Gasteiger partial charge in [-0.2, -0.15) is 0 Å². The zero-order valence-corrected chi connectivity index (χ0v) is 12.5. The highest BCUT2D eigenvalue weighted by molar-refractivity contribution is 9.11. The number of thiazole rings is 1. The van der Waals surface area contributed by atoms with E-state index < -0.39 is 5.97 Å². The first-order valence-electron chi connectivity index (χ1n) is 5.96. The molecule has 0 aromatic carbocycles. The molecule has 104 valence electrons. The summed E-state index contributed by atoms with van der Waals surface area (Å²) in [6.07, 6.45) is 4.25. The minimum Gasteiger partial charge on any atom is -0.481 e. The molecule has 0 bridgehead atoms. The Morgan fingerprint density at radius 3 is 2.58 bits per heavy atom. The fourth-order valence-electron chi connectivity index (χ4n) is 2.12. The Hall–Kier alpha value is -1.15. The summed E-state index contributed by atoms with van der Waals surface area (Å²) >= 11 is 4.61. The van der Waals surface area contributed by atoms with Crippen LogP contribution in [0.4, 0.5) is 9.93 Å². The van der Waals surface area contributed by atoms with Gasteiger partial charge in [-0.15, -0.1) is 0 Å². The van der Waals surface area contributed by atoms with E-state index in [4.69, 9.17) is 5.11 Å². The number of urea groups is 1. The molecule has 0 radical (unpaired) electrons. The normalized spacial score (nSPS) is 22.8. The highest BCUT2D eigenvalue weighted by atomic mass is 79.9. The van der Waals surface area contributed by atoms with Crippen molar-refractivity contribution in [2.45, 2.75) is 31.7 Å².